The lowest BCUT2D eigenvalue weighted by Gasteiger charge is -2.07. The summed E-state index contributed by atoms with van der Waals surface area (Å²) in [6.45, 7) is 1.94. The van der Waals surface area contributed by atoms with Gasteiger partial charge in [0.25, 0.3) is 5.91 Å². The number of aromatic amines is 1. The zero-order chi connectivity index (χ0) is 19.8. The number of nitrogens with two attached hydrogens (primary N) is 1. The predicted octanol–water partition coefficient (Wildman–Crippen LogP) is 2.00. The molecule has 0 aliphatic heterocycles. The third kappa shape index (κ3) is 2.86. The van der Waals surface area contributed by atoms with E-state index in [1.807, 2.05) is 19.1 Å². The van der Waals surface area contributed by atoms with E-state index in [9.17, 15) is 14.4 Å². The standard InChI is InChI=1S/C20H15N5O3/c1-11-5-7-14(8-6-11)25-19-16(23-20(25)28)15(17(21)27)22-18(24-19)13-4-2-3-12(9-13)10-26/h2-10H,1H3,(H2,21,27)(H,23,28). The Morgan fingerprint density at radius 2 is 1.89 bits per heavy atom. The lowest BCUT2D eigenvalue weighted by molar-refractivity contribution is 0.0996. The van der Waals surface area contributed by atoms with Crippen LogP contribution in [-0.4, -0.2) is 31.7 Å². The number of benzene rings is 2. The maximum Gasteiger partial charge on any atom is 0.332 e. The smallest absolute Gasteiger partial charge is 0.332 e. The molecule has 0 radical (unpaired) electrons. The maximum absolute atomic E-state index is 12.6. The van der Waals surface area contributed by atoms with E-state index in [0.29, 0.717) is 23.1 Å². The van der Waals surface area contributed by atoms with E-state index < -0.39 is 11.6 Å². The van der Waals surface area contributed by atoms with Crippen molar-refractivity contribution in [1.82, 2.24) is 19.5 Å². The van der Waals surface area contributed by atoms with Gasteiger partial charge in [0.2, 0.25) is 0 Å². The van der Waals surface area contributed by atoms with Crippen LogP contribution >= 0.6 is 0 Å². The van der Waals surface area contributed by atoms with E-state index in [-0.39, 0.29) is 22.7 Å². The molecule has 1 amide bonds. The minimum atomic E-state index is -0.794. The molecule has 138 valence electrons. The van der Waals surface area contributed by atoms with E-state index in [0.717, 1.165) is 5.56 Å². The first-order valence-electron chi connectivity index (χ1n) is 8.43. The fourth-order valence-electron chi connectivity index (χ4n) is 2.98. The monoisotopic (exact) mass is 373 g/mol. The Labute approximate surface area is 158 Å². The summed E-state index contributed by atoms with van der Waals surface area (Å²) >= 11 is 0. The molecule has 0 bridgehead atoms. The van der Waals surface area contributed by atoms with Crippen molar-refractivity contribution < 1.29 is 9.59 Å². The number of carbonyl (C=O) groups excluding carboxylic acids is 2. The van der Waals surface area contributed by atoms with Gasteiger partial charge in [-0.05, 0) is 25.1 Å². The lowest BCUT2D eigenvalue weighted by Crippen LogP contribution is -2.15. The Morgan fingerprint density at radius 3 is 2.57 bits per heavy atom. The molecule has 8 heteroatoms. The number of hydrogen-bond donors (Lipinski definition) is 2. The second-order valence-corrected chi connectivity index (χ2v) is 6.30. The fraction of sp³-hybridized carbons (Fsp3) is 0.0500. The summed E-state index contributed by atoms with van der Waals surface area (Å²) in [6.07, 6.45) is 0.704. The molecule has 0 unspecified atom stereocenters. The zero-order valence-corrected chi connectivity index (χ0v) is 14.8. The summed E-state index contributed by atoms with van der Waals surface area (Å²) < 4.78 is 1.36. The van der Waals surface area contributed by atoms with Gasteiger partial charge in [0.05, 0.1) is 5.69 Å². The Bertz CT molecular complexity index is 1290. The topological polar surface area (TPSA) is 124 Å². The first kappa shape index (κ1) is 17.3. The van der Waals surface area contributed by atoms with Gasteiger partial charge in [0.15, 0.2) is 17.2 Å². The summed E-state index contributed by atoms with van der Waals surface area (Å²) in [5.41, 5.74) is 7.90. The van der Waals surface area contributed by atoms with Gasteiger partial charge < -0.3 is 10.7 Å². The van der Waals surface area contributed by atoms with Crippen LogP contribution < -0.4 is 11.4 Å². The number of primary amides is 1. The van der Waals surface area contributed by atoms with E-state index in [2.05, 4.69) is 15.0 Å². The van der Waals surface area contributed by atoms with Crippen molar-refractivity contribution in [1.29, 1.82) is 0 Å². The summed E-state index contributed by atoms with van der Waals surface area (Å²) in [6, 6.07) is 13.9. The molecule has 8 nitrogen and oxygen atoms in total. The highest BCUT2D eigenvalue weighted by Gasteiger charge is 2.20. The number of carbonyl (C=O) groups is 2. The van der Waals surface area contributed by atoms with Crippen LogP contribution in [0, 0.1) is 6.92 Å². The molecule has 4 rings (SSSR count). The first-order valence-corrected chi connectivity index (χ1v) is 8.43. The number of rotatable bonds is 4. The van der Waals surface area contributed by atoms with E-state index in [1.54, 1.807) is 36.4 Å². The Morgan fingerprint density at radius 1 is 1.14 bits per heavy atom. The molecule has 2 aromatic heterocycles. The molecule has 0 aliphatic carbocycles. The molecule has 0 saturated carbocycles. The largest absolute Gasteiger partial charge is 0.364 e. The highest BCUT2D eigenvalue weighted by atomic mass is 16.2. The number of fused-ring (bicyclic) bond motifs is 1. The number of nitrogens with one attached hydrogen (secondary N) is 1. The molecular formula is C20H15N5O3. The van der Waals surface area contributed by atoms with Crippen LogP contribution in [0.1, 0.15) is 26.4 Å². The first-order chi connectivity index (χ1) is 13.5. The van der Waals surface area contributed by atoms with Gasteiger partial charge in [-0.2, -0.15) is 0 Å². The summed E-state index contributed by atoms with van der Waals surface area (Å²) in [5.74, 6) is -0.609. The number of aromatic nitrogens is 4. The molecule has 4 aromatic rings. The minimum absolute atomic E-state index is 0.0977. The van der Waals surface area contributed by atoms with Crippen molar-refractivity contribution in [3.05, 3.63) is 75.8 Å². The normalized spacial score (nSPS) is 10.9. The van der Waals surface area contributed by atoms with Crippen molar-refractivity contribution in [2.75, 3.05) is 0 Å². The van der Waals surface area contributed by atoms with Gasteiger partial charge in [0.1, 0.15) is 11.8 Å². The molecule has 3 N–H and O–H groups in total. The van der Waals surface area contributed by atoms with Crippen LogP contribution in [0.25, 0.3) is 28.2 Å². The molecule has 2 heterocycles. The van der Waals surface area contributed by atoms with Gasteiger partial charge in [-0.3, -0.25) is 9.59 Å². The molecule has 2 aromatic carbocycles. The number of aryl methyl sites for hydroxylation is 1. The highest BCUT2D eigenvalue weighted by Crippen LogP contribution is 2.22. The van der Waals surface area contributed by atoms with Crippen LogP contribution in [0.5, 0.6) is 0 Å². The number of hydrogen-bond acceptors (Lipinski definition) is 5. The van der Waals surface area contributed by atoms with Crippen molar-refractivity contribution in [2.45, 2.75) is 6.92 Å². The van der Waals surface area contributed by atoms with Crippen LogP contribution in [0.3, 0.4) is 0 Å². The second-order valence-electron chi connectivity index (χ2n) is 6.30. The van der Waals surface area contributed by atoms with Crippen molar-refractivity contribution in [2.24, 2.45) is 5.73 Å². The van der Waals surface area contributed by atoms with Crippen LogP contribution in [0.15, 0.2) is 53.3 Å². The third-order valence-corrected chi connectivity index (χ3v) is 4.34. The Kier molecular flexibility index (Phi) is 4.08. The molecule has 0 saturated heterocycles. The average molecular weight is 373 g/mol. The molecule has 28 heavy (non-hydrogen) atoms. The quantitative estimate of drug-likeness (QED) is 0.530. The third-order valence-electron chi connectivity index (χ3n) is 4.34. The van der Waals surface area contributed by atoms with E-state index in [1.165, 1.54) is 4.57 Å². The SMILES string of the molecule is Cc1ccc(-n2c(=O)[nH]c3c(C(N)=O)nc(-c4cccc(C=O)c4)nc32)cc1. The molecular weight excluding hydrogens is 358 g/mol. The number of H-pyrrole nitrogens is 1. The van der Waals surface area contributed by atoms with E-state index in [4.69, 9.17) is 5.73 Å². The molecule has 0 spiro atoms. The van der Waals surface area contributed by atoms with Crippen molar-refractivity contribution >= 4 is 23.4 Å². The van der Waals surface area contributed by atoms with Crippen molar-refractivity contribution in [3.8, 4) is 17.1 Å². The fourth-order valence-corrected chi connectivity index (χ4v) is 2.98. The summed E-state index contributed by atoms with van der Waals surface area (Å²) in [7, 11) is 0. The van der Waals surface area contributed by atoms with Gasteiger partial charge in [0, 0.05) is 11.1 Å². The van der Waals surface area contributed by atoms with Crippen LogP contribution in [0.2, 0.25) is 0 Å². The van der Waals surface area contributed by atoms with Gasteiger partial charge >= 0.3 is 5.69 Å². The number of amides is 1. The van der Waals surface area contributed by atoms with Crippen LogP contribution in [0.4, 0.5) is 0 Å². The van der Waals surface area contributed by atoms with Crippen molar-refractivity contribution in [3.63, 3.8) is 0 Å². The van der Waals surface area contributed by atoms with Crippen LogP contribution in [-0.2, 0) is 0 Å². The van der Waals surface area contributed by atoms with Gasteiger partial charge in [-0.15, -0.1) is 0 Å². The number of aldehydes is 1. The maximum atomic E-state index is 12.6. The molecule has 0 fully saturated rings. The Hall–Kier alpha value is -4.07. The number of imidazole rings is 1. The lowest BCUT2D eigenvalue weighted by atomic mass is 10.1. The van der Waals surface area contributed by atoms with Gasteiger partial charge in [-0.25, -0.2) is 19.3 Å². The highest BCUT2D eigenvalue weighted by molar-refractivity contribution is 6.02. The summed E-state index contributed by atoms with van der Waals surface area (Å²) in [4.78, 5) is 47.0. The van der Waals surface area contributed by atoms with Gasteiger partial charge in [-0.1, -0.05) is 35.9 Å². The Balaban J connectivity index is 2.05. The number of nitrogens with zero attached hydrogens (tertiary/aromatic N) is 3. The summed E-state index contributed by atoms with van der Waals surface area (Å²) in [5, 5.41) is 0. The second kappa shape index (κ2) is 6.58. The average Bonchev–Trinajstić information content (AvgIpc) is 3.03. The molecule has 0 atom stereocenters. The predicted molar refractivity (Wildman–Crippen MR) is 104 cm³/mol. The molecule has 0 aliphatic rings. The minimum Gasteiger partial charge on any atom is -0.364 e. The zero-order valence-electron chi connectivity index (χ0n) is 14.8. The van der Waals surface area contributed by atoms with E-state index >= 15 is 0 Å².